The summed E-state index contributed by atoms with van der Waals surface area (Å²) in [6.07, 6.45) is 2.27. The number of rotatable bonds is 3. The SMILES string of the molecule is CC1(C(=O)O)COCC1NC(=O)C1(N)CCC1. The zero-order chi connectivity index (χ0) is 12.7. The molecule has 0 aromatic heterocycles. The average molecular weight is 242 g/mol. The minimum atomic E-state index is -1.06. The number of carboxylic acids is 1. The Hall–Kier alpha value is -1.14. The Labute approximate surface area is 99.5 Å². The highest BCUT2D eigenvalue weighted by Gasteiger charge is 2.49. The molecule has 1 saturated heterocycles. The van der Waals surface area contributed by atoms with Gasteiger partial charge >= 0.3 is 5.97 Å². The quantitative estimate of drug-likeness (QED) is 0.617. The molecule has 0 aromatic carbocycles. The molecule has 1 heterocycles. The lowest BCUT2D eigenvalue weighted by atomic mass is 9.76. The van der Waals surface area contributed by atoms with Crippen LogP contribution in [0.3, 0.4) is 0 Å². The number of nitrogens with two attached hydrogens (primary N) is 1. The summed E-state index contributed by atoms with van der Waals surface area (Å²) in [6.45, 7) is 1.92. The molecule has 1 saturated carbocycles. The van der Waals surface area contributed by atoms with Crippen LogP contribution in [0.25, 0.3) is 0 Å². The lowest BCUT2D eigenvalue weighted by molar-refractivity contribution is -0.149. The Kier molecular flexibility index (Phi) is 2.87. The van der Waals surface area contributed by atoms with E-state index in [2.05, 4.69) is 5.32 Å². The van der Waals surface area contributed by atoms with Crippen LogP contribution in [0.4, 0.5) is 0 Å². The number of hydrogen-bond donors (Lipinski definition) is 3. The van der Waals surface area contributed by atoms with E-state index in [9.17, 15) is 9.59 Å². The van der Waals surface area contributed by atoms with Crippen LogP contribution in [0, 0.1) is 5.41 Å². The van der Waals surface area contributed by atoms with Gasteiger partial charge in [-0.05, 0) is 26.2 Å². The highest BCUT2D eigenvalue weighted by atomic mass is 16.5. The van der Waals surface area contributed by atoms with E-state index in [1.165, 1.54) is 0 Å². The first-order valence-electron chi connectivity index (χ1n) is 5.79. The number of hydrogen-bond acceptors (Lipinski definition) is 4. The Morgan fingerprint density at radius 3 is 2.59 bits per heavy atom. The molecular weight excluding hydrogens is 224 g/mol. The van der Waals surface area contributed by atoms with Crippen molar-refractivity contribution in [1.29, 1.82) is 0 Å². The van der Waals surface area contributed by atoms with E-state index in [0.29, 0.717) is 12.8 Å². The average Bonchev–Trinajstić information content (AvgIpc) is 2.58. The van der Waals surface area contributed by atoms with Crippen molar-refractivity contribution in [3.63, 3.8) is 0 Å². The third kappa shape index (κ3) is 1.91. The van der Waals surface area contributed by atoms with Crippen molar-refractivity contribution >= 4 is 11.9 Å². The normalized spacial score (nSPS) is 35.1. The van der Waals surface area contributed by atoms with Crippen LogP contribution in [0.1, 0.15) is 26.2 Å². The number of carboxylic acid groups (broad SMARTS) is 1. The molecule has 96 valence electrons. The van der Waals surface area contributed by atoms with Gasteiger partial charge in [0.15, 0.2) is 0 Å². The number of aliphatic carboxylic acids is 1. The minimum absolute atomic E-state index is 0.116. The lowest BCUT2D eigenvalue weighted by Gasteiger charge is -2.38. The van der Waals surface area contributed by atoms with Crippen LogP contribution in [0.5, 0.6) is 0 Å². The zero-order valence-corrected chi connectivity index (χ0v) is 9.86. The van der Waals surface area contributed by atoms with Crippen LogP contribution < -0.4 is 11.1 Å². The molecule has 1 aliphatic carbocycles. The van der Waals surface area contributed by atoms with E-state index >= 15 is 0 Å². The molecule has 6 nitrogen and oxygen atoms in total. The Morgan fingerprint density at radius 2 is 2.12 bits per heavy atom. The third-order valence-corrected chi connectivity index (χ3v) is 3.95. The number of carbonyl (C=O) groups is 2. The highest BCUT2D eigenvalue weighted by molar-refractivity contribution is 5.88. The molecule has 2 unspecified atom stereocenters. The molecule has 2 rings (SSSR count). The number of ether oxygens (including phenoxy) is 1. The van der Waals surface area contributed by atoms with Crippen molar-refractivity contribution in [2.24, 2.45) is 11.1 Å². The van der Waals surface area contributed by atoms with Crippen molar-refractivity contribution in [2.75, 3.05) is 13.2 Å². The van der Waals surface area contributed by atoms with Crippen LogP contribution in [-0.2, 0) is 14.3 Å². The zero-order valence-electron chi connectivity index (χ0n) is 9.86. The monoisotopic (exact) mass is 242 g/mol. The summed E-state index contributed by atoms with van der Waals surface area (Å²) < 4.78 is 5.16. The van der Waals surface area contributed by atoms with E-state index < -0.39 is 23.0 Å². The topological polar surface area (TPSA) is 102 Å². The summed E-state index contributed by atoms with van der Waals surface area (Å²) in [5.41, 5.74) is 4.03. The largest absolute Gasteiger partial charge is 0.481 e. The van der Waals surface area contributed by atoms with Crippen LogP contribution in [0.2, 0.25) is 0 Å². The predicted octanol–water partition coefficient (Wildman–Crippen LogP) is -0.526. The van der Waals surface area contributed by atoms with Gasteiger partial charge in [0.05, 0.1) is 24.8 Å². The molecule has 2 atom stereocenters. The first-order chi connectivity index (χ1) is 7.88. The highest BCUT2D eigenvalue weighted by Crippen LogP contribution is 2.32. The number of carbonyl (C=O) groups excluding carboxylic acids is 1. The Bertz CT molecular complexity index is 353. The third-order valence-electron chi connectivity index (χ3n) is 3.95. The van der Waals surface area contributed by atoms with Crippen molar-refractivity contribution in [2.45, 2.75) is 37.8 Å². The smallest absolute Gasteiger partial charge is 0.313 e. The van der Waals surface area contributed by atoms with Crippen LogP contribution in [-0.4, -0.2) is 41.8 Å². The summed E-state index contributed by atoms with van der Waals surface area (Å²) in [6, 6.07) is -0.506. The van der Waals surface area contributed by atoms with Gasteiger partial charge in [0.1, 0.15) is 5.41 Å². The van der Waals surface area contributed by atoms with Gasteiger partial charge < -0.3 is 20.9 Å². The second-order valence-electron chi connectivity index (χ2n) is 5.27. The van der Waals surface area contributed by atoms with Gasteiger partial charge in [-0.1, -0.05) is 0 Å². The summed E-state index contributed by atoms with van der Waals surface area (Å²) >= 11 is 0. The van der Waals surface area contributed by atoms with Gasteiger partial charge in [-0.15, -0.1) is 0 Å². The molecule has 0 radical (unpaired) electrons. The first kappa shape index (κ1) is 12.3. The second-order valence-corrected chi connectivity index (χ2v) is 5.27. The van der Waals surface area contributed by atoms with Gasteiger partial charge in [-0.25, -0.2) is 0 Å². The number of nitrogens with one attached hydrogen (secondary N) is 1. The summed E-state index contributed by atoms with van der Waals surface area (Å²) in [5, 5.41) is 11.9. The molecule has 0 aromatic rings. The molecule has 1 aliphatic heterocycles. The molecule has 17 heavy (non-hydrogen) atoms. The molecule has 6 heteroatoms. The van der Waals surface area contributed by atoms with Crippen molar-refractivity contribution in [3.05, 3.63) is 0 Å². The van der Waals surface area contributed by atoms with Gasteiger partial charge in [0.2, 0.25) is 5.91 Å². The fraction of sp³-hybridized carbons (Fsp3) is 0.818. The lowest BCUT2D eigenvalue weighted by Crippen LogP contribution is -2.62. The maximum absolute atomic E-state index is 11.9. The summed E-state index contributed by atoms with van der Waals surface area (Å²) in [4.78, 5) is 23.1. The Balaban J connectivity index is 2.03. The standard InChI is InChI=1S/C11H18N2O4/c1-10(9(15)16)6-17-5-7(10)13-8(14)11(12)3-2-4-11/h7H,2-6,12H2,1H3,(H,13,14)(H,15,16). The predicted molar refractivity (Wildman–Crippen MR) is 59.3 cm³/mol. The van der Waals surface area contributed by atoms with E-state index in [1.54, 1.807) is 6.92 Å². The molecular formula is C11H18N2O4. The van der Waals surface area contributed by atoms with Crippen molar-refractivity contribution in [1.82, 2.24) is 5.32 Å². The summed E-state index contributed by atoms with van der Waals surface area (Å²) in [5.74, 6) is -1.22. The molecule has 2 fully saturated rings. The second kappa shape index (κ2) is 3.96. The van der Waals surface area contributed by atoms with Gasteiger partial charge in [0.25, 0.3) is 0 Å². The number of amides is 1. The van der Waals surface area contributed by atoms with Crippen LogP contribution >= 0.6 is 0 Å². The van der Waals surface area contributed by atoms with E-state index in [1.807, 2.05) is 0 Å². The van der Waals surface area contributed by atoms with E-state index in [4.69, 9.17) is 15.6 Å². The molecule has 4 N–H and O–H groups in total. The first-order valence-corrected chi connectivity index (χ1v) is 5.79. The maximum atomic E-state index is 11.9. The molecule has 2 aliphatic rings. The van der Waals surface area contributed by atoms with Gasteiger partial charge in [-0.2, -0.15) is 0 Å². The van der Waals surface area contributed by atoms with Crippen molar-refractivity contribution in [3.8, 4) is 0 Å². The van der Waals surface area contributed by atoms with Gasteiger partial charge in [-0.3, -0.25) is 9.59 Å². The van der Waals surface area contributed by atoms with Crippen LogP contribution in [0.15, 0.2) is 0 Å². The van der Waals surface area contributed by atoms with E-state index in [0.717, 1.165) is 6.42 Å². The molecule has 0 spiro atoms. The van der Waals surface area contributed by atoms with Crippen molar-refractivity contribution < 1.29 is 19.4 Å². The van der Waals surface area contributed by atoms with E-state index in [-0.39, 0.29) is 19.1 Å². The minimum Gasteiger partial charge on any atom is -0.481 e. The molecule has 0 bridgehead atoms. The molecule has 1 amide bonds. The maximum Gasteiger partial charge on any atom is 0.313 e. The Morgan fingerprint density at radius 1 is 1.47 bits per heavy atom. The van der Waals surface area contributed by atoms with Gasteiger partial charge in [0, 0.05) is 0 Å². The fourth-order valence-electron chi connectivity index (χ4n) is 2.17. The fourth-order valence-corrected chi connectivity index (χ4v) is 2.17. The summed E-state index contributed by atoms with van der Waals surface area (Å²) in [7, 11) is 0.